The van der Waals surface area contributed by atoms with E-state index in [4.69, 9.17) is 9.84 Å². The molecule has 0 fully saturated rings. The van der Waals surface area contributed by atoms with Crippen molar-refractivity contribution in [3.05, 3.63) is 24.0 Å². The van der Waals surface area contributed by atoms with Crippen molar-refractivity contribution in [3.8, 4) is 5.75 Å². The van der Waals surface area contributed by atoms with E-state index in [2.05, 4.69) is 10.3 Å². The highest BCUT2D eigenvalue weighted by Crippen LogP contribution is 2.34. The Morgan fingerprint density at radius 2 is 2.14 bits per heavy atom. The molecule has 1 unspecified atom stereocenters. The second-order valence-corrected chi connectivity index (χ2v) is 6.32. The van der Waals surface area contributed by atoms with E-state index in [1.54, 1.807) is 7.11 Å². The van der Waals surface area contributed by atoms with E-state index in [1.165, 1.54) is 0 Å². The maximum absolute atomic E-state index is 11.2. The predicted molar refractivity (Wildman–Crippen MR) is 85.3 cm³/mol. The van der Waals surface area contributed by atoms with Gasteiger partial charge >= 0.3 is 6.09 Å². The van der Waals surface area contributed by atoms with E-state index in [0.29, 0.717) is 6.54 Å². The maximum atomic E-state index is 11.2. The fourth-order valence-electron chi connectivity index (χ4n) is 2.59. The Kier molecular flexibility index (Phi) is 4.30. The number of amides is 1. The van der Waals surface area contributed by atoms with Crippen molar-refractivity contribution in [2.45, 2.75) is 40.3 Å². The monoisotopic (exact) mass is 305 g/mol. The van der Waals surface area contributed by atoms with Crippen LogP contribution in [0.15, 0.2) is 18.2 Å². The molecule has 22 heavy (non-hydrogen) atoms. The molecular weight excluding hydrogens is 282 g/mol. The number of benzene rings is 1. The second-order valence-electron chi connectivity index (χ2n) is 6.32. The third-order valence-corrected chi connectivity index (χ3v) is 3.69. The van der Waals surface area contributed by atoms with Crippen LogP contribution < -0.4 is 10.1 Å². The van der Waals surface area contributed by atoms with Crippen LogP contribution in [-0.4, -0.2) is 27.9 Å². The first-order valence-corrected chi connectivity index (χ1v) is 7.31. The minimum atomic E-state index is -1.05. The number of imidazole rings is 1. The Balaban J connectivity index is 2.64. The summed E-state index contributed by atoms with van der Waals surface area (Å²) in [7, 11) is 1.62. The lowest BCUT2D eigenvalue weighted by atomic mass is 9.86. The number of carbonyl (C=O) groups is 1. The summed E-state index contributed by atoms with van der Waals surface area (Å²) in [5, 5.41) is 11.8. The molecule has 0 aliphatic heterocycles. The van der Waals surface area contributed by atoms with Crippen molar-refractivity contribution in [1.29, 1.82) is 0 Å². The van der Waals surface area contributed by atoms with Crippen molar-refractivity contribution >= 4 is 17.1 Å². The summed E-state index contributed by atoms with van der Waals surface area (Å²) in [5.74, 6) is 1.48. The number of nitrogens with one attached hydrogen (secondary N) is 1. The van der Waals surface area contributed by atoms with E-state index in [-0.39, 0.29) is 5.41 Å². The quantitative estimate of drug-likeness (QED) is 0.907. The summed E-state index contributed by atoms with van der Waals surface area (Å²) in [6.45, 7) is 8.70. The van der Waals surface area contributed by atoms with Crippen LogP contribution >= 0.6 is 0 Å². The average molecular weight is 305 g/mol. The number of carboxylic acid groups (broad SMARTS) is 1. The molecule has 2 rings (SSSR count). The molecule has 6 heteroatoms. The lowest BCUT2D eigenvalue weighted by Crippen LogP contribution is -2.37. The van der Waals surface area contributed by atoms with Gasteiger partial charge < -0.3 is 19.7 Å². The molecule has 120 valence electrons. The van der Waals surface area contributed by atoms with Gasteiger partial charge in [0.25, 0.3) is 0 Å². The molecule has 0 saturated carbocycles. The predicted octanol–water partition coefficient (Wildman–Crippen LogP) is 3.42. The largest absolute Gasteiger partial charge is 0.497 e. The van der Waals surface area contributed by atoms with Crippen molar-refractivity contribution in [3.63, 3.8) is 0 Å². The standard InChI is InChI=1S/C16H23N3O3/c1-6-19-12-9-10(22-5)7-8-11(12)17-14(19)13(16(2,3)4)18-15(20)21/h7-9,13,18H,6H2,1-5H3,(H,20,21). The SMILES string of the molecule is CCn1c(C(NC(=O)O)C(C)(C)C)nc2ccc(OC)cc21. The minimum absolute atomic E-state index is 0.295. The van der Waals surface area contributed by atoms with E-state index in [1.807, 2.05) is 50.5 Å². The van der Waals surface area contributed by atoms with Crippen LogP contribution in [0.5, 0.6) is 5.75 Å². The highest BCUT2D eigenvalue weighted by atomic mass is 16.5. The maximum Gasteiger partial charge on any atom is 0.405 e. The minimum Gasteiger partial charge on any atom is -0.497 e. The molecule has 1 aromatic heterocycles. The van der Waals surface area contributed by atoms with Crippen LogP contribution in [0.3, 0.4) is 0 Å². The van der Waals surface area contributed by atoms with Crippen LogP contribution in [-0.2, 0) is 6.54 Å². The van der Waals surface area contributed by atoms with E-state index in [9.17, 15) is 4.79 Å². The van der Waals surface area contributed by atoms with Gasteiger partial charge in [-0.3, -0.25) is 0 Å². The smallest absolute Gasteiger partial charge is 0.405 e. The Hall–Kier alpha value is -2.24. The number of methoxy groups -OCH3 is 1. The van der Waals surface area contributed by atoms with Gasteiger partial charge in [0, 0.05) is 12.6 Å². The molecular formula is C16H23N3O3. The molecule has 1 aromatic carbocycles. The average Bonchev–Trinajstić information content (AvgIpc) is 2.80. The summed E-state index contributed by atoms with van der Waals surface area (Å²) < 4.78 is 7.30. The lowest BCUT2D eigenvalue weighted by molar-refractivity contribution is 0.172. The number of rotatable bonds is 4. The molecule has 0 saturated heterocycles. The number of fused-ring (bicyclic) bond motifs is 1. The van der Waals surface area contributed by atoms with Crippen molar-refractivity contribution in [1.82, 2.24) is 14.9 Å². The van der Waals surface area contributed by atoms with Crippen LogP contribution in [0.2, 0.25) is 0 Å². The molecule has 1 heterocycles. The van der Waals surface area contributed by atoms with Crippen molar-refractivity contribution in [2.75, 3.05) is 7.11 Å². The molecule has 0 aliphatic rings. The molecule has 0 radical (unpaired) electrons. The van der Waals surface area contributed by atoms with Gasteiger partial charge in [-0.15, -0.1) is 0 Å². The number of aromatic nitrogens is 2. The highest BCUT2D eigenvalue weighted by molar-refractivity contribution is 5.78. The molecule has 2 N–H and O–H groups in total. The first-order chi connectivity index (χ1) is 10.3. The summed E-state index contributed by atoms with van der Waals surface area (Å²) in [6, 6.07) is 5.28. The number of nitrogens with zero attached hydrogens (tertiary/aromatic N) is 2. The van der Waals surface area contributed by atoms with Gasteiger partial charge in [0.05, 0.1) is 24.2 Å². The van der Waals surface area contributed by atoms with Gasteiger partial charge in [0.15, 0.2) is 0 Å². The fraction of sp³-hybridized carbons (Fsp3) is 0.500. The Morgan fingerprint density at radius 1 is 1.45 bits per heavy atom. The fourth-order valence-corrected chi connectivity index (χ4v) is 2.59. The summed E-state index contributed by atoms with van der Waals surface area (Å²) in [6.07, 6.45) is -1.05. The molecule has 1 amide bonds. The van der Waals surface area contributed by atoms with Gasteiger partial charge in [-0.25, -0.2) is 9.78 Å². The Labute approximate surface area is 130 Å². The Morgan fingerprint density at radius 3 is 2.64 bits per heavy atom. The molecule has 6 nitrogen and oxygen atoms in total. The van der Waals surface area contributed by atoms with Gasteiger partial charge in [-0.1, -0.05) is 20.8 Å². The zero-order valence-corrected chi connectivity index (χ0v) is 13.7. The number of hydrogen-bond donors (Lipinski definition) is 2. The number of ether oxygens (including phenoxy) is 1. The number of hydrogen-bond acceptors (Lipinski definition) is 3. The Bertz CT molecular complexity index is 686. The summed E-state index contributed by atoms with van der Waals surface area (Å²) >= 11 is 0. The topological polar surface area (TPSA) is 76.4 Å². The van der Waals surface area contributed by atoms with Crippen LogP contribution in [0.1, 0.15) is 39.6 Å². The van der Waals surface area contributed by atoms with Gasteiger partial charge in [-0.2, -0.15) is 0 Å². The molecule has 2 aromatic rings. The lowest BCUT2D eigenvalue weighted by Gasteiger charge is -2.30. The second kappa shape index (κ2) is 5.87. The van der Waals surface area contributed by atoms with E-state index < -0.39 is 12.1 Å². The molecule has 0 aliphatic carbocycles. The highest BCUT2D eigenvalue weighted by Gasteiger charge is 2.32. The summed E-state index contributed by atoms with van der Waals surface area (Å²) in [4.78, 5) is 15.8. The first-order valence-electron chi connectivity index (χ1n) is 7.31. The number of aryl methyl sites for hydroxylation is 1. The molecule has 0 spiro atoms. The zero-order valence-electron chi connectivity index (χ0n) is 13.7. The van der Waals surface area contributed by atoms with Gasteiger partial charge in [0.1, 0.15) is 11.6 Å². The van der Waals surface area contributed by atoms with Crippen LogP contribution in [0.4, 0.5) is 4.79 Å². The normalized spacial score (nSPS) is 13.1. The van der Waals surface area contributed by atoms with Crippen LogP contribution in [0.25, 0.3) is 11.0 Å². The summed E-state index contributed by atoms with van der Waals surface area (Å²) in [5.41, 5.74) is 1.48. The molecule has 0 bridgehead atoms. The van der Waals surface area contributed by atoms with Crippen LogP contribution in [0, 0.1) is 5.41 Å². The van der Waals surface area contributed by atoms with Crippen molar-refractivity contribution < 1.29 is 14.6 Å². The molecule has 1 atom stereocenters. The zero-order chi connectivity index (χ0) is 16.5. The third-order valence-electron chi connectivity index (χ3n) is 3.69. The van der Waals surface area contributed by atoms with E-state index in [0.717, 1.165) is 22.6 Å². The van der Waals surface area contributed by atoms with Crippen molar-refractivity contribution in [2.24, 2.45) is 5.41 Å². The third kappa shape index (κ3) is 3.00. The first kappa shape index (κ1) is 16.1. The van der Waals surface area contributed by atoms with Gasteiger partial charge in [-0.05, 0) is 24.5 Å². The van der Waals surface area contributed by atoms with Gasteiger partial charge in [0.2, 0.25) is 0 Å². The van der Waals surface area contributed by atoms with E-state index >= 15 is 0 Å².